The average molecular weight is 351 g/mol. The molecule has 2 aromatic rings. The predicted molar refractivity (Wildman–Crippen MR) is 98.3 cm³/mol. The maximum atomic E-state index is 12.7. The topological polar surface area (TPSA) is 77.8 Å². The summed E-state index contributed by atoms with van der Waals surface area (Å²) >= 11 is 0. The zero-order valence-electron chi connectivity index (χ0n) is 14.7. The quantitative estimate of drug-likeness (QED) is 0.504. The van der Waals surface area contributed by atoms with E-state index in [9.17, 15) is 19.8 Å². The smallest absolute Gasteiger partial charge is 0.295 e. The number of carbonyl (C=O) groups is 2. The number of aliphatic hydroxyl groups excluding tert-OH is 2. The van der Waals surface area contributed by atoms with Crippen molar-refractivity contribution in [3.8, 4) is 0 Å². The molecule has 1 fully saturated rings. The van der Waals surface area contributed by atoms with Gasteiger partial charge in [-0.25, -0.2) is 0 Å². The van der Waals surface area contributed by atoms with Crippen molar-refractivity contribution in [3.63, 3.8) is 0 Å². The molecule has 0 bridgehead atoms. The van der Waals surface area contributed by atoms with E-state index in [1.165, 1.54) is 4.90 Å². The Kier molecular flexibility index (Phi) is 4.91. The van der Waals surface area contributed by atoms with Crippen LogP contribution >= 0.6 is 0 Å². The Bertz CT molecular complexity index is 853. The summed E-state index contributed by atoms with van der Waals surface area (Å²) in [6, 6.07) is 15.4. The lowest BCUT2D eigenvalue weighted by atomic mass is 9.95. The molecule has 0 aromatic heterocycles. The molecule has 1 amide bonds. The minimum Gasteiger partial charge on any atom is -0.507 e. The van der Waals surface area contributed by atoms with Gasteiger partial charge in [0.2, 0.25) is 0 Å². The van der Waals surface area contributed by atoms with E-state index < -0.39 is 23.8 Å². The van der Waals surface area contributed by atoms with E-state index in [1.54, 1.807) is 31.2 Å². The highest BCUT2D eigenvalue weighted by atomic mass is 16.3. The molecule has 2 aromatic carbocycles. The number of Topliss-reactive ketones (excluding diaryl/α,β-unsaturated/α-hetero) is 1. The summed E-state index contributed by atoms with van der Waals surface area (Å²) in [4.78, 5) is 26.5. The molecule has 134 valence electrons. The number of hydrogen-bond donors (Lipinski definition) is 2. The highest BCUT2D eigenvalue weighted by Gasteiger charge is 2.46. The molecule has 0 spiro atoms. The highest BCUT2D eigenvalue weighted by Crippen LogP contribution is 2.39. The van der Waals surface area contributed by atoms with Crippen molar-refractivity contribution in [1.29, 1.82) is 0 Å². The third kappa shape index (κ3) is 3.26. The first kappa shape index (κ1) is 17.9. The Balaban J connectivity index is 2.17. The molecule has 0 radical (unpaired) electrons. The van der Waals surface area contributed by atoms with Crippen molar-refractivity contribution in [2.75, 3.05) is 6.54 Å². The second-order valence-corrected chi connectivity index (χ2v) is 6.58. The van der Waals surface area contributed by atoms with Crippen molar-refractivity contribution >= 4 is 17.4 Å². The van der Waals surface area contributed by atoms with E-state index >= 15 is 0 Å². The third-order valence-corrected chi connectivity index (χ3v) is 4.44. The van der Waals surface area contributed by atoms with Crippen LogP contribution in [0.4, 0.5) is 0 Å². The van der Waals surface area contributed by atoms with Gasteiger partial charge in [-0.1, -0.05) is 60.2 Å². The van der Waals surface area contributed by atoms with Gasteiger partial charge in [-0.2, -0.15) is 0 Å². The molecule has 2 N–H and O–H groups in total. The van der Waals surface area contributed by atoms with Gasteiger partial charge in [0.15, 0.2) is 0 Å². The van der Waals surface area contributed by atoms with Gasteiger partial charge in [0, 0.05) is 12.1 Å². The summed E-state index contributed by atoms with van der Waals surface area (Å²) in [7, 11) is 0. The Hall–Kier alpha value is -2.92. The summed E-state index contributed by atoms with van der Waals surface area (Å²) in [5.74, 6) is -1.66. The first-order valence-corrected chi connectivity index (χ1v) is 8.48. The SMILES string of the molecule is Cc1ccc(C(O)=C2C(=O)C(=O)N(C[C@@H](C)O)[C@H]2c2ccccc2)cc1. The summed E-state index contributed by atoms with van der Waals surface area (Å²) in [6.07, 6.45) is -0.793. The number of ketones is 1. The fraction of sp³-hybridized carbons (Fsp3) is 0.238. The fourth-order valence-corrected chi connectivity index (χ4v) is 3.20. The number of aryl methyl sites for hydroxylation is 1. The van der Waals surface area contributed by atoms with E-state index in [4.69, 9.17) is 0 Å². The zero-order chi connectivity index (χ0) is 18.8. The second-order valence-electron chi connectivity index (χ2n) is 6.58. The monoisotopic (exact) mass is 351 g/mol. The number of rotatable bonds is 4. The largest absolute Gasteiger partial charge is 0.507 e. The van der Waals surface area contributed by atoms with Gasteiger partial charge in [-0.05, 0) is 19.4 Å². The van der Waals surface area contributed by atoms with Gasteiger partial charge >= 0.3 is 0 Å². The fourth-order valence-electron chi connectivity index (χ4n) is 3.20. The van der Waals surface area contributed by atoms with E-state index in [1.807, 2.05) is 37.3 Å². The van der Waals surface area contributed by atoms with Gasteiger partial charge in [0.05, 0.1) is 17.7 Å². The van der Waals surface area contributed by atoms with Gasteiger partial charge in [-0.15, -0.1) is 0 Å². The molecule has 0 aliphatic carbocycles. The molecular formula is C21H21NO4. The van der Waals surface area contributed by atoms with Gasteiger partial charge in [0.1, 0.15) is 5.76 Å². The molecule has 3 rings (SSSR count). The summed E-state index contributed by atoms with van der Waals surface area (Å²) in [6.45, 7) is 3.49. The third-order valence-electron chi connectivity index (χ3n) is 4.44. The van der Waals surface area contributed by atoms with Crippen molar-refractivity contribution in [2.24, 2.45) is 0 Å². The van der Waals surface area contributed by atoms with Crippen molar-refractivity contribution in [2.45, 2.75) is 26.0 Å². The number of nitrogens with zero attached hydrogens (tertiary/aromatic N) is 1. The Labute approximate surface area is 152 Å². The van der Waals surface area contributed by atoms with Crippen molar-refractivity contribution in [3.05, 3.63) is 76.9 Å². The summed E-state index contributed by atoms with van der Waals surface area (Å²) < 4.78 is 0. The minimum absolute atomic E-state index is 0.00874. The van der Waals surface area contributed by atoms with Crippen LogP contribution in [0.25, 0.3) is 5.76 Å². The van der Waals surface area contributed by atoms with Crippen molar-refractivity contribution in [1.82, 2.24) is 4.90 Å². The van der Waals surface area contributed by atoms with Crippen LogP contribution in [0.3, 0.4) is 0 Å². The molecule has 1 heterocycles. The second kappa shape index (κ2) is 7.14. The Morgan fingerprint density at radius 3 is 2.27 bits per heavy atom. The Morgan fingerprint density at radius 2 is 1.69 bits per heavy atom. The van der Waals surface area contributed by atoms with E-state index in [0.29, 0.717) is 11.1 Å². The molecule has 5 nitrogen and oxygen atoms in total. The summed E-state index contributed by atoms with van der Waals surface area (Å²) in [5.41, 5.74) is 2.26. The van der Waals surface area contributed by atoms with E-state index in [0.717, 1.165) is 5.56 Å². The lowest BCUT2D eigenvalue weighted by Gasteiger charge is -2.26. The van der Waals surface area contributed by atoms with Crippen LogP contribution in [0.5, 0.6) is 0 Å². The number of amides is 1. The van der Waals surface area contributed by atoms with Gasteiger partial charge < -0.3 is 15.1 Å². The maximum absolute atomic E-state index is 12.7. The van der Waals surface area contributed by atoms with E-state index in [-0.39, 0.29) is 17.9 Å². The number of aliphatic hydroxyl groups is 2. The Morgan fingerprint density at radius 1 is 1.08 bits per heavy atom. The molecule has 0 saturated carbocycles. The number of hydrogen-bond acceptors (Lipinski definition) is 4. The highest BCUT2D eigenvalue weighted by molar-refractivity contribution is 6.46. The van der Waals surface area contributed by atoms with E-state index in [2.05, 4.69) is 0 Å². The molecule has 2 atom stereocenters. The first-order chi connectivity index (χ1) is 12.4. The van der Waals surface area contributed by atoms with Crippen LogP contribution in [0, 0.1) is 6.92 Å². The normalized spacial score (nSPS) is 20.4. The first-order valence-electron chi connectivity index (χ1n) is 8.48. The number of benzene rings is 2. The predicted octanol–water partition coefficient (Wildman–Crippen LogP) is 2.80. The molecule has 1 saturated heterocycles. The van der Waals surface area contributed by atoms with Crippen LogP contribution in [0.2, 0.25) is 0 Å². The van der Waals surface area contributed by atoms with Crippen molar-refractivity contribution < 1.29 is 19.8 Å². The zero-order valence-corrected chi connectivity index (χ0v) is 14.7. The number of likely N-dealkylation sites (tertiary alicyclic amines) is 1. The maximum Gasteiger partial charge on any atom is 0.295 e. The minimum atomic E-state index is -0.793. The standard InChI is InChI=1S/C21H21NO4/c1-13-8-10-16(11-9-13)19(24)17-18(15-6-4-3-5-7-15)22(12-14(2)23)21(26)20(17)25/h3-11,14,18,23-24H,12H2,1-2H3/t14-,18+/m1/s1. The van der Waals surface area contributed by atoms with Crippen LogP contribution in [-0.2, 0) is 9.59 Å². The summed E-state index contributed by atoms with van der Waals surface area (Å²) in [5, 5.41) is 20.6. The molecule has 26 heavy (non-hydrogen) atoms. The number of carbonyl (C=O) groups excluding carboxylic acids is 2. The van der Waals surface area contributed by atoms with Gasteiger partial charge in [0.25, 0.3) is 11.7 Å². The average Bonchev–Trinajstić information content (AvgIpc) is 2.87. The van der Waals surface area contributed by atoms with Crippen LogP contribution in [0.1, 0.15) is 29.7 Å². The van der Waals surface area contributed by atoms with Crippen LogP contribution in [0.15, 0.2) is 60.2 Å². The molecule has 1 aliphatic rings. The van der Waals surface area contributed by atoms with Crippen LogP contribution in [-0.4, -0.2) is 39.5 Å². The number of β-amino-alcohol motifs (C(OH)–C–C–N with tert-alkyl or cyclic N) is 1. The van der Waals surface area contributed by atoms with Gasteiger partial charge in [-0.3, -0.25) is 9.59 Å². The van der Waals surface area contributed by atoms with Crippen LogP contribution < -0.4 is 0 Å². The molecule has 0 unspecified atom stereocenters. The molecule has 1 aliphatic heterocycles. The lowest BCUT2D eigenvalue weighted by molar-refractivity contribution is -0.140. The lowest BCUT2D eigenvalue weighted by Crippen LogP contribution is -2.35. The molecular weight excluding hydrogens is 330 g/mol. The molecule has 5 heteroatoms.